The van der Waals surface area contributed by atoms with Gasteiger partial charge in [0.1, 0.15) is 0 Å². The summed E-state index contributed by atoms with van der Waals surface area (Å²) in [6, 6.07) is 4.18. The summed E-state index contributed by atoms with van der Waals surface area (Å²) in [6.45, 7) is 4.81. The number of hydrogen-bond donors (Lipinski definition) is 2. The fourth-order valence-electron chi connectivity index (χ4n) is 3.13. The van der Waals surface area contributed by atoms with Crippen LogP contribution in [0.5, 0.6) is 0 Å². The molecule has 1 aromatic rings. The minimum Gasteiger partial charge on any atom is -0.323 e. The first-order chi connectivity index (χ1) is 10.0. The Bertz CT molecular complexity index is 531. The number of benzene rings is 1. The summed E-state index contributed by atoms with van der Waals surface area (Å²) in [5.41, 5.74) is 0.947. The molecule has 1 aromatic carbocycles. The van der Waals surface area contributed by atoms with Gasteiger partial charge in [-0.15, -0.1) is 0 Å². The predicted molar refractivity (Wildman–Crippen MR) is 110 cm³/mol. The number of nitrogens with zero attached hydrogens (tertiary/aromatic N) is 1. The fraction of sp³-hybridized carbons (Fsp3) is 0.500. The predicted octanol–water partition coefficient (Wildman–Crippen LogP) is 2.59. The first-order valence-electron chi connectivity index (χ1n) is 6.90. The van der Waals surface area contributed by atoms with E-state index in [1.165, 1.54) is 3.57 Å². The fourth-order valence-corrected chi connectivity index (χ4v) is 6.98. The van der Waals surface area contributed by atoms with Crippen LogP contribution >= 0.6 is 67.8 Å². The van der Waals surface area contributed by atoms with Crippen LogP contribution in [0.2, 0.25) is 0 Å². The SMILES string of the molecule is O=C(CN1CC2CNCC2C1)Nc1c(I)cc(I)cc1I. The molecule has 0 spiro atoms. The number of amides is 1. The first-order valence-corrected chi connectivity index (χ1v) is 10.1. The summed E-state index contributed by atoms with van der Waals surface area (Å²) in [5, 5.41) is 6.51. The van der Waals surface area contributed by atoms with Crippen molar-refractivity contribution in [3.8, 4) is 0 Å². The second-order valence-corrected chi connectivity index (χ2v) is 9.24. The molecule has 0 aromatic heterocycles. The van der Waals surface area contributed by atoms with Crippen molar-refractivity contribution in [3.05, 3.63) is 22.8 Å². The largest absolute Gasteiger partial charge is 0.323 e. The highest BCUT2D eigenvalue weighted by Crippen LogP contribution is 2.28. The van der Waals surface area contributed by atoms with Crippen LogP contribution in [0, 0.1) is 22.5 Å². The lowest BCUT2D eigenvalue weighted by molar-refractivity contribution is -0.117. The van der Waals surface area contributed by atoms with E-state index in [-0.39, 0.29) is 5.91 Å². The Morgan fingerprint density at radius 2 is 1.76 bits per heavy atom. The standard InChI is InChI=1S/C14H16I3N3O/c15-10-1-11(16)14(12(17)2-10)19-13(21)7-20-5-8-3-18-4-9(8)6-20/h1-2,8-9,18H,3-7H2,(H,19,21). The highest BCUT2D eigenvalue weighted by atomic mass is 127. The summed E-state index contributed by atoms with van der Waals surface area (Å²) in [5.74, 6) is 1.56. The van der Waals surface area contributed by atoms with Crippen molar-refractivity contribution in [2.45, 2.75) is 0 Å². The Kier molecular flexibility index (Phi) is 5.66. The van der Waals surface area contributed by atoms with E-state index in [0.717, 1.165) is 50.8 Å². The van der Waals surface area contributed by atoms with Crippen LogP contribution in [0.3, 0.4) is 0 Å². The number of carbonyl (C=O) groups is 1. The molecule has 21 heavy (non-hydrogen) atoms. The summed E-state index contributed by atoms with van der Waals surface area (Å²) in [6.07, 6.45) is 0. The summed E-state index contributed by atoms with van der Waals surface area (Å²) < 4.78 is 3.39. The van der Waals surface area contributed by atoms with Crippen molar-refractivity contribution in [3.63, 3.8) is 0 Å². The maximum Gasteiger partial charge on any atom is 0.238 e. The molecular formula is C14H16I3N3O. The van der Waals surface area contributed by atoms with Gasteiger partial charge < -0.3 is 10.6 Å². The van der Waals surface area contributed by atoms with Crippen LogP contribution < -0.4 is 10.6 Å². The molecular weight excluding hydrogens is 607 g/mol. The van der Waals surface area contributed by atoms with E-state index >= 15 is 0 Å². The molecule has 1 amide bonds. The van der Waals surface area contributed by atoms with Crippen LogP contribution in [-0.2, 0) is 4.79 Å². The van der Waals surface area contributed by atoms with Gasteiger partial charge in [-0.25, -0.2) is 0 Å². The van der Waals surface area contributed by atoms with Gasteiger partial charge >= 0.3 is 0 Å². The highest BCUT2D eigenvalue weighted by Gasteiger charge is 2.36. The molecule has 2 N–H and O–H groups in total. The zero-order valence-corrected chi connectivity index (χ0v) is 17.8. The van der Waals surface area contributed by atoms with Gasteiger partial charge in [0.15, 0.2) is 0 Å². The van der Waals surface area contributed by atoms with Gasteiger partial charge in [0, 0.05) is 23.8 Å². The molecule has 2 atom stereocenters. The summed E-state index contributed by atoms with van der Waals surface area (Å²) in [7, 11) is 0. The van der Waals surface area contributed by atoms with Crippen molar-refractivity contribution in [2.75, 3.05) is 38.0 Å². The second-order valence-electron chi connectivity index (χ2n) is 5.67. The zero-order valence-electron chi connectivity index (χ0n) is 11.3. The molecule has 2 saturated heterocycles. The van der Waals surface area contributed by atoms with Crippen molar-refractivity contribution in [1.82, 2.24) is 10.2 Å². The minimum atomic E-state index is 0.0972. The second kappa shape index (κ2) is 7.14. The molecule has 7 heteroatoms. The maximum absolute atomic E-state index is 12.3. The Morgan fingerprint density at radius 1 is 1.19 bits per heavy atom. The molecule has 2 aliphatic rings. The number of carbonyl (C=O) groups excluding carboxylic acids is 1. The molecule has 2 fully saturated rings. The monoisotopic (exact) mass is 623 g/mol. The zero-order chi connectivity index (χ0) is 15.0. The third-order valence-electron chi connectivity index (χ3n) is 4.10. The molecule has 2 heterocycles. The lowest BCUT2D eigenvalue weighted by atomic mass is 10.0. The molecule has 114 valence electrons. The third-order valence-corrected chi connectivity index (χ3v) is 6.43. The van der Waals surface area contributed by atoms with Gasteiger partial charge in [-0.3, -0.25) is 9.69 Å². The average molecular weight is 623 g/mol. The van der Waals surface area contributed by atoms with E-state index in [4.69, 9.17) is 0 Å². The number of nitrogens with one attached hydrogen (secondary N) is 2. The van der Waals surface area contributed by atoms with Gasteiger partial charge in [0.25, 0.3) is 0 Å². The minimum absolute atomic E-state index is 0.0972. The molecule has 0 bridgehead atoms. The van der Waals surface area contributed by atoms with Crippen molar-refractivity contribution < 1.29 is 4.79 Å². The van der Waals surface area contributed by atoms with Crippen LogP contribution in [0.15, 0.2) is 12.1 Å². The first kappa shape index (κ1) is 16.7. The van der Waals surface area contributed by atoms with E-state index in [1.807, 2.05) is 0 Å². The topological polar surface area (TPSA) is 44.4 Å². The lowest BCUT2D eigenvalue weighted by Crippen LogP contribution is -2.34. The van der Waals surface area contributed by atoms with Crippen LogP contribution in [0.25, 0.3) is 0 Å². The van der Waals surface area contributed by atoms with E-state index in [1.54, 1.807) is 0 Å². The van der Waals surface area contributed by atoms with E-state index in [9.17, 15) is 4.79 Å². The molecule has 4 nitrogen and oxygen atoms in total. The Labute approximate surface area is 165 Å². The molecule has 0 radical (unpaired) electrons. The van der Waals surface area contributed by atoms with E-state index < -0.39 is 0 Å². The number of hydrogen-bond acceptors (Lipinski definition) is 3. The third kappa shape index (κ3) is 4.01. The number of halogens is 3. The highest BCUT2D eigenvalue weighted by molar-refractivity contribution is 14.1. The smallest absolute Gasteiger partial charge is 0.238 e. The van der Waals surface area contributed by atoms with E-state index in [0.29, 0.717) is 6.54 Å². The van der Waals surface area contributed by atoms with Crippen LogP contribution in [-0.4, -0.2) is 43.5 Å². The summed E-state index contributed by atoms with van der Waals surface area (Å²) in [4.78, 5) is 14.6. The van der Waals surface area contributed by atoms with Gasteiger partial charge in [-0.05, 0) is 105 Å². The maximum atomic E-state index is 12.3. The normalized spacial score (nSPS) is 25.1. The lowest BCUT2D eigenvalue weighted by Gasteiger charge is -2.17. The molecule has 0 saturated carbocycles. The van der Waals surface area contributed by atoms with Crippen molar-refractivity contribution >= 4 is 79.4 Å². The average Bonchev–Trinajstić information content (AvgIpc) is 2.94. The van der Waals surface area contributed by atoms with Crippen molar-refractivity contribution in [2.24, 2.45) is 11.8 Å². The van der Waals surface area contributed by atoms with Gasteiger partial charge in [-0.1, -0.05) is 0 Å². The molecule has 3 rings (SSSR count). The van der Waals surface area contributed by atoms with E-state index in [2.05, 4.69) is 95.4 Å². The quantitative estimate of drug-likeness (QED) is 0.510. The summed E-state index contributed by atoms with van der Waals surface area (Å²) >= 11 is 6.87. The Morgan fingerprint density at radius 3 is 2.33 bits per heavy atom. The molecule has 0 aliphatic carbocycles. The Hall–Kier alpha value is 0.800. The Balaban J connectivity index is 1.60. The molecule has 2 unspecified atom stereocenters. The number of likely N-dealkylation sites (tertiary alicyclic amines) is 1. The van der Waals surface area contributed by atoms with Gasteiger partial charge in [0.2, 0.25) is 5.91 Å². The number of anilines is 1. The van der Waals surface area contributed by atoms with Crippen LogP contribution in [0.1, 0.15) is 0 Å². The number of rotatable bonds is 3. The van der Waals surface area contributed by atoms with Gasteiger partial charge in [-0.2, -0.15) is 0 Å². The number of fused-ring (bicyclic) bond motifs is 1. The van der Waals surface area contributed by atoms with Crippen LogP contribution in [0.4, 0.5) is 5.69 Å². The van der Waals surface area contributed by atoms with Crippen molar-refractivity contribution in [1.29, 1.82) is 0 Å². The van der Waals surface area contributed by atoms with Gasteiger partial charge in [0.05, 0.1) is 12.2 Å². The molecule has 2 aliphatic heterocycles.